The fourth-order valence-electron chi connectivity index (χ4n) is 2.58. The number of benzene rings is 1. The highest BCUT2D eigenvalue weighted by Gasteiger charge is 2.17. The second-order valence-corrected chi connectivity index (χ2v) is 6.09. The maximum atomic E-state index is 13.5. The zero-order valence-corrected chi connectivity index (χ0v) is 14.3. The number of rotatable bonds is 7. The van der Waals surface area contributed by atoms with E-state index in [1.807, 2.05) is 0 Å². The fraction of sp³-hybridized carbons (Fsp3) is 0.353. The van der Waals surface area contributed by atoms with Crippen molar-refractivity contribution in [2.45, 2.75) is 38.8 Å². The summed E-state index contributed by atoms with van der Waals surface area (Å²) in [5, 5.41) is 11.7. The largest absolute Gasteiger partial charge is 0.481 e. The fourth-order valence-corrected chi connectivity index (χ4v) is 2.58. The molecule has 1 atom stereocenters. The molecule has 0 saturated carbocycles. The van der Waals surface area contributed by atoms with E-state index in [-0.39, 0.29) is 24.7 Å². The Kier molecular flexibility index (Phi) is 5.91. The van der Waals surface area contributed by atoms with Gasteiger partial charge in [0.1, 0.15) is 5.82 Å². The third kappa shape index (κ3) is 4.56. The molecule has 0 amide bonds. The number of hydrogen-bond donors (Lipinski definition) is 3. The standard InChI is InChI=1S/C17H19F2N3O4/c1-9(2)22-15(23)8-14(21-17(22)26)20-13(5-6-16(24)25)10-3-4-11(18)12(19)7-10/h3-4,7-9,13,20H,5-6H2,1-2H3,(H,21,26)(H,24,25)/t13-/m1/s1. The van der Waals surface area contributed by atoms with Crippen molar-refractivity contribution in [3.63, 3.8) is 0 Å². The first-order chi connectivity index (χ1) is 12.2. The Hall–Kier alpha value is -2.97. The third-order valence-electron chi connectivity index (χ3n) is 3.80. The van der Waals surface area contributed by atoms with Crippen LogP contribution in [-0.2, 0) is 4.79 Å². The van der Waals surface area contributed by atoms with Crippen molar-refractivity contribution >= 4 is 11.8 Å². The quantitative estimate of drug-likeness (QED) is 0.697. The number of anilines is 1. The molecule has 7 nitrogen and oxygen atoms in total. The monoisotopic (exact) mass is 367 g/mol. The molecule has 0 spiro atoms. The maximum Gasteiger partial charge on any atom is 0.330 e. The van der Waals surface area contributed by atoms with E-state index < -0.39 is 34.9 Å². The minimum absolute atomic E-state index is 0.0374. The van der Waals surface area contributed by atoms with Gasteiger partial charge in [-0.15, -0.1) is 0 Å². The first-order valence-electron chi connectivity index (χ1n) is 7.98. The molecule has 9 heteroatoms. The molecule has 0 aliphatic rings. The Balaban J connectivity index is 2.37. The molecule has 0 bridgehead atoms. The van der Waals surface area contributed by atoms with Gasteiger partial charge < -0.3 is 10.4 Å². The lowest BCUT2D eigenvalue weighted by atomic mass is 10.0. The lowest BCUT2D eigenvalue weighted by Gasteiger charge is -2.20. The number of nitrogens with one attached hydrogen (secondary N) is 2. The van der Waals surface area contributed by atoms with E-state index >= 15 is 0 Å². The SMILES string of the molecule is CC(C)n1c(=O)cc(N[C@H](CCC(=O)O)c2ccc(F)c(F)c2)[nH]c1=O. The summed E-state index contributed by atoms with van der Waals surface area (Å²) in [7, 11) is 0. The molecule has 0 unspecified atom stereocenters. The molecule has 0 saturated heterocycles. The Morgan fingerprint density at radius 1 is 1.23 bits per heavy atom. The van der Waals surface area contributed by atoms with Crippen molar-refractivity contribution in [3.8, 4) is 0 Å². The number of H-pyrrole nitrogens is 1. The zero-order valence-electron chi connectivity index (χ0n) is 14.3. The number of aliphatic carboxylic acids is 1. The first-order valence-corrected chi connectivity index (χ1v) is 7.98. The molecule has 1 aromatic heterocycles. The van der Waals surface area contributed by atoms with Crippen molar-refractivity contribution in [1.82, 2.24) is 9.55 Å². The number of nitrogens with zero attached hydrogens (tertiary/aromatic N) is 1. The van der Waals surface area contributed by atoms with Gasteiger partial charge in [-0.25, -0.2) is 13.6 Å². The van der Waals surface area contributed by atoms with Gasteiger partial charge in [-0.2, -0.15) is 0 Å². The van der Waals surface area contributed by atoms with E-state index in [4.69, 9.17) is 5.11 Å². The van der Waals surface area contributed by atoms with Crippen molar-refractivity contribution in [3.05, 3.63) is 62.3 Å². The molecule has 2 rings (SSSR count). The first kappa shape index (κ1) is 19.4. The number of carboxylic acids is 1. The normalized spacial score (nSPS) is 12.2. The minimum Gasteiger partial charge on any atom is -0.481 e. The molecule has 0 aliphatic heterocycles. The highest BCUT2D eigenvalue weighted by molar-refractivity contribution is 5.66. The molecule has 3 N–H and O–H groups in total. The molecule has 1 heterocycles. The van der Waals surface area contributed by atoms with Crippen molar-refractivity contribution in [2.75, 3.05) is 5.32 Å². The van der Waals surface area contributed by atoms with Crippen LogP contribution in [0.15, 0.2) is 33.9 Å². The molecule has 0 aliphatic carbocycles. The van der Waals surface area contributed by atoms with E-state index in [9.17, 15) is 23.2 Å². The Bertz CT molecular complexity index is 890. The number of aromatic nitrogens is 2. The molecule has 0 fully saturated rings. The average molecular weight is 367 g/mol. The third-order valence-corrected chi connectivity index (χ3v) is 3.80. The smallest absolute Gasteiger partial charge is 0.330 e. The lowest BCUT2D eigenvalue weighted by molar-refractivity contribution is -0.137. The van der Waals surface area contributed by atoms with Crippen LogP contribution in [0.5, 0.6) is 0 Å². The minimum atomic E-state index is -1.08. The van der Waals surface area contributed by atoms with E-state index in [1.165, 1.54) is 6.07 Å². The highest BCUT2D eigenvalue weighted by Crippen LogP contribution is 2.24. The molecule has 140 valence electrons. The van der Waals surface area contributed by atoms with Crippen LogP contribution >= 0.6 is 0 Å². The van der Waals surface area contributed by atoms with Gasteiger partial charge in [0.2, 0.25) is 0 Å². The Morgan fingerprint density at radius 2 is 1.92 bits per heavy atom. The van der Waals surface area contributed by atoms with Gasteiger partial charge in [0.05, 0.1) is 6.04 Å². The molecular weight excluding hydrogens is 348 g/mol. The van der Waals surface area contributed by atoms with Gasteiger partial charge >= 0.3 is 11.7 Å². The van der Waals surface area contributed by atoms with Crippen LogP contribution in [0.1, 0.15) is 44.3 Å². The number of carbonyl (C=O) groups is 1. The summed E-state index contributed by atoms with van der Waals surface area (Å²) in [5.41, 5.74) is -0.871. The molecule has 26 heavy (non-hydrogen) atoms. The number of halogens is 2. The van der Waals surface area contributed by atoms with Gasteiger partial charge in [0, 0.05) is 18.5 Å². The van der Waals surface area contributed by atoms with Gasteiger partial charge in [-0.3, -0.25) is 19.1 Å². The predicted molar refractivity (Wildman–Crippen MR) is 91.3 cm³/mol. The van der Waals surface area contributed by atoms with E-state index in [0.717, 1.165) is 22.8 Å². The zero-order chi connectivity index (χ0) is 19.4. The Labute approximate surface area is 147 Å². The predicted octanol–water partition coefficient (Wildman–Crippen LogP) is 2.41. The summed E-state index contributed by atoms with van der Waals surface area (Å²) in [6.45, 7) is 3.36. The van der Waals surface area contributed by atoms with Crippen molar-refractivity contribution in [2.24, 2.45) is 0 Å². The maximum absolute atomic E-state index is 13.5. The topological polar surface area (TPSA) is 104 Å². The summed E-state index contributed by atoms with van der Waals surface area (Å²) >= 11 is 0. The van der Waals surface area contributed by atoms with Crippen LogP contribution in [0.25, 0.3) is 0 Å². The van der Waals surface area contributed by atoms with Crippen LogP contribution in [0.2, 0.25) is 0 Å². The second kappa shape index (κ2) is 7.94. The van der Waals surface area contributed by atoms with Crippen LogP contribution in [0.4, 0.5) is 14.6 Å². The Morgan fingerprint density at radius 3 is 2.46 bits per heavy atom. The van der Waals surface area contributed by atoms with Gasteiger partial charge in [0.15, 0.2) is 11.6 Å². The molecule has 0 radical (unpaired) electrons. The average Bonchev–Trinajstić information content (AvgIpc) is 2.53. The number of hydrogen-bond acceptors (Lipinski definition) is 4. The number of aromatic amines is 1. The van der Waals surface area contributed by atoms with Crippen LogP contribution in [-0.4, -0.2) is 20.6 Å². The van der Waals surface area contributed by atoms with Crippen LogP contribution in [0.3, 0.4) is 0 Å². The van der Waals surface area contributed by atoms with Gasteiger partial charge in [0.25, 0.3) is 5.56 Å². The lowest BCUT2D eigenvalue weighted by Crippen LogP contribution is -2.36. The van der Waals surface area contributed by atoms with E-state index in [2.05, 4.69) is 10.3 Å². The van der Waals surface area contributed by atoms with E-state index in [1.54, 1.807) is 13.8 Å². The van der Waals surface area contributed by atoms with Crippen molar-refractivity contribution < 1.29 is 18.7 Å². The molecular formula is C17H19F2N3O4. The van der Waals surface area contributed by atoms with E-state index in [0.29, 0.717) is 5.56 Å². The highest BCUT2D eigenvalue weighted by atomic mass is 19.2. The van der Waals surface area contributed by atoms with Gasteiger partial charge in [-0.1, -0.05) is 6.07 Å². The summed E-state index contributed by atoms with van der Waals surface area (Å²) < 4.78 is 27.7. The molecule has 2 aromatic rings. The second-order valence-electron chi connectivity index (χ2n) is 6.09. The summed E-state index contributed by atoms with van der Waals surface area (Å²) in [4.78, 5) is 37.5. The number of carboxylic acid groups (broad SMARTS) is 1. The summed E-state index contributed by atoms with van der Waals surface area (Å²) in [5.74, 6) is -3.10. The summed E-state index contributed by atoms with van der Waals surface area (Å²) in [6.07, 6.45) is -0.209. The molecule has 1 aromatic carbocycles. The summed E-state index contributed by atoms with van der Waals surface area (Å²) in [6, 6.07) is 3.27. The van der Waals surface area contributed by atoms with Crippen LogP contribution < -0.4 is 16.6 Å². The van der Waals surface area contributed by atoms with Crippen LogP contribution in [0, 0.1) is 11.6 Å². The van der Waals surface area contributed by atoms with Gasteiger partial charge in [-0.05, 0) is 38.0 Å². The van der Waals surface area contributed by atoms with Crippen molar-refractivity contribution in [1.29, 1.82) is 0 Å².